The van der Waals surface area contributed by atoms with E-state index in [2.05, 4.69) is 42.3 Å². The smallest absolute Gasteiger partial charge is 0.328 e. The Bertz CT molecular complexity index is 1100. The fraction of sp³-hybridized carbons (Fsp3) is 0.292. The third-order valence-electron chi connectivity index (χ3n) is 5.40. The van der Waals surface area contributed by atoms with Gasteiger partial charge < -0.3 is 19.8 Å². The number of carboxylic acids is 2. The molecular weight excluding hydrogens is 410 g/mol. The van der Waals surface area contributed by atoms with Gasteiger partial charge in [0, 0.05) is 23.5 Å². The summed E-state index contributed by atoms with van der Waals surface area (Å²) >= 11 is 0. The Hall–Kier alpha value is -3.65. The maximum atomic E-state index is 9.55. The van der Waals surface area contributed by atoms with Gasteiger partial charge in [-0.15, -0.1) is 0 Å². The van der Waals surface area contributed by atoms with E-state index >= 15 is 0 Å². The lowest BCUT2D eigenvalue weighted by Gasteiger charge is -2.28. The number of methoxy groups -OCH3 is 1. The second-order valence-electron chi connectivity index (χ2n) is 7.57. The number of aliphatic carboxylic acids is 2. The van der Waals surface area contributed by atoms with Crippen molar-refractivity contribution in [2.75, 3.05) is 27.2 Å². The van der Waals surface area contributed by atoms with Crippen molar-refractivity contribution in [3.8, 4) is 11.4 Å². The summed E-state index contributed by atoms with van der Waals surface area (Å²) in [6, 6.07) is 16.6. The number of fused-ring (bicyclic) bond motifs is 1. The standard InChI is InChI=1S/C20H23N3O.C4H4O4/c1-22-13-11-15(12-14-22)20-16-7-3-4-8-17(16)23(21-20)18-9-5-6-10-19(18)24-2;5-3(6)1-2-4(7)8/h3-10,15H,11-14H2,1-2H3;1-2H,(H,5,6)(H,7,8)/b;2-1+. The summed E-state index contributed by atoms with van der Waals surface area (Å²) in [4.78, 5) is 21.5. The lowest BCUT2D eigenvalue weighted by atomic mass is 9.92. The number of benzene rings is 2. The van der Waals surface area contributed by atoms with E-state index in [1.165, 1.54) is 23.9 Å². The van der Waals surface area contributed by atoms with E-state index in [1.54, 1.807) is 7.11 Å². The van der Waals surface area contributed by atoms with Gasteiger partial charge in [0.25, 0.3) is 0 Å². The first-order chi connectivity index (χ1) is 15.4. The van der Waals surface area contributed by atoms with Crippen molar-refractivity contribution < 1.29 is 24.5 Å². The van der Waals surface area contributed by atoms with Gasteiger partial charge in [-0.25, -0.2) is 14.3 Å². The van der Waals surface area contributed by atoms with Gasteiger partial charge in [0.1, 0.15) is 11.4 Å². The molecule has 0 amide bonds. The van der Waals surface area contributed by atoms with Crippen LogP contribution in [0.2, 0.25) is 0 Å². The molecule has 168 valence electrons. The minimum atomic E-state index is -1.26. The summed E-state index contributed by atoms with van der Waals surface area (Å²) in [7, 11) is 3.91. The van der Waals surface area contributed by atoms with Crippen molar-refractivity contribution in [3.05, 3.63) is 66.4 Å². The van der Waals surface area contributed by atoms with Gasteiger partial charge in [0.05, 0.1) is 18.3 Å². The van der Waals surface area contributed by atoms with Crippen LogP contribution in [0.3, 0.4) is 0 Å². The van der Waals surface area contributed by atoms with Gasteiger partial charge in [-0.3, -0.25) is 0 Å². The largest absolute Gasteiger partial charge is 0.494 e. The van der Waals surface area contributed by atoms with Crippen molar-refractivity contribution in [2.45, 2.75) is 18.8 Å². The topological polar surface area (TPSA) is 105 Å². The van der Waals surface area contributed by atoms with Crippen molar-refractivity contribution in [1.82, 2.24) is 14.7 Å². The van der Waals surface area contributed by atoms with E-state index in [9.17, 15) is 9.59 Å². The minimum Gasteiger partial charge on any atom is -0.494 e. The van der Waals surface area contributed by atoms with Crippen LogP contribution in [0.5, 0.6) is 5.75 Å². The summed E-state index contributed by atoms with van der Waals surface area (Å²) in [6.45, 7) is 2.28. The van der Waals surface area contributed by atoms with Crippen LogP contribution in [0.15, 0.2) is 60.7 Å². The molecule has 8 nitrogen and oxygen atoms in total. The maximum Gasteiger partial charge on any atom is 0.328 e. The van der Waals surface area contributed by atoms with Gasteiger partial charge in [-0.2, -0.15) is 5.10 Å². The molecule has 1 aliphatic rings. The average molecular weight is 437 g/mol. The highest BCUT2D eigenvalue weighted by molar-refractivity contribution is 5.89. The first-order valence-electron chi connectivity index (χ1n) is 10.3. The Labute approximate surface area is 186 Å². The highest BCUT2D eigenvalue weighted by atomic mass is 16.5. The molecule has 3 aromatic rings. The van der Waals surface area contributed by atoms with Crippen LogP contribution < -0.4 is 4.74 Å². The summed E-state index contributed by atoms with van der Waals surface area (Å²) in [6.07, 6.45) is 3.46. The van der Waals surface area contributed by atoms with Crippen LogP contribution in [0.25, 0.3) is 16.6 Å². The molecule has 0 saturated carbocycles. The number of aromatic nitrogens is 2. The number of nitrogens with zero attached hydrogens (tertiary/aromatic N) is 3. The lowest BCUT2D eigenvalue weighted by molar-refractivity contribution is -0.134. The summed E-state index contributed by atoms with van der Waals surface area (Å²) in [5.41, 5.74) is 3.37. The fourth-order valence-electron chi connectivity index (χ4n) is 3.80. The molecule has 0 spiro atoms. The Morgan fingerprint density at radius 2 is 1.59 bits per heavy atom. The molecule has 1 saturated heterocycles. The molecule has 1 aromatic heterocycles. The summed E-state index contributed by atoms with van der Waals surface area (Å²) < 4.78 is 7.59. The number of piperidine rings is 1. The zero-order valence-corrected chi connectivity index (χ0v) is 18.1. The number of para-hydroxylation sites is 3. The second kappa shape index (κ2) is 10.6. The van der Waals surface area contributed by atoms with E-state index in [0.29, 0.717) is 18.1 Å². The quantitative estimate of drug-likeness (QED) is 0.588. The number of hydrogen-bond acceptors (Lipinski definition) is 5. The van der Waals surface area contributed by atoms with E-state index in [1.807, 2.05) is 22.9 Å². The fourth-order valence-corrected chi connectivity index (χ4v) is 3.80. The normalized spacial score (nSPS) is 14.8. The zero-order valence-electron chi connectivity index (χ0n) is 18.1. The number of ether oxygens (including phenoxy) is 1. The number of hydrogen-bond donors (Lipinski definition) is 2. The van der Waals surface area contributed by atoms with Crippen LogP contribution in [-0.4, -0.2) is 64.1 Å². The molecule has 4 rings (SSSR count). The molecule has 0 atom stereocenters. The van der Waals surface area contributed by atoms with E-state index in [0.717, 1.165) is 30.0 Å². The molecule has 0 radical (unpaired) electrons. The van der Waals surface area contributed by atoms with E-state index < -0.39 is 11.9 Å². The zero-order chi connectivity index (χ0) is 23.1. The van der Waals surface area contributed by atoms with Crippen molar-refractivity contribution >= 4 is 22.8 Å². The lowest BCUT2D eigenvalue weighted by Crippen LogP contribution is -2.29. The second-order valence-corrected chi connectivity index (χ2v) is 7.57. The third-order valence-corrected chi connectivity index (χ3v) is 5.40. The Balaban J connectivity index is 0.000000312. The SMILES string of the molecule is COc1ccccc1-n1nc(C2CCN(C)CC2)c2ccccc21.O=C(O)/C=C/C(=O)O. The van der Waals surface area contributed by atoms with Gasteiger partial charge in [-0.1, -0.05) is 30.3 Å². The molecule has 2 aromatic carbocycles. The molecule has 1 fully saturated rings. The average Bonchev–Trinajstić information content (AvgIpc) is 3.18. The predicted molar refractivity (Wildman–Crippen MR) is 122 cm³/mol. The first kappa shape index (κ1) is 23.0. The van der Waals surface area contributed by atoms with Crippen molar-refractivity contribution in [2.24, 2.45) is 0 Å². The van der Waals surface area contributed by atoms with Crippen LogP contribution in [0.1, 0.15) is 24.5 Å². The van der Waals surface area contributed by atoms with Crippen LogP contribution in [-0.2, 0) is 9.59 Å². The van der Waals surface area contributed by atoms with Gasteiger partial charge in [0.15, 0.2) is 0 Å². The minimum absolute atomic E-state index is 0.530. The highest BCUT2D eigenvalue weighted by Gasteiger charge is 2.24. The summed E-state index contributed by atoms with van der Waals surface area (Å²) in [5, 5.41) is 21.9. The van der Waals surface area contributed by atoms with Crippen LogP contribution in [0, 0.1) is 0 Å². The molecule has 2 N–H and O–H groups in total. The molecule has 0 unspecified atom stereocenters. The number of rotatable bonds is 5. The molecular formula is C24H27N3O5. The first-order valence-corrected chi connectivity index (χ1v) is 10.3. The van der Waals surface area contributed by atoms with Gasteiger partial charge in [-0.05, 0) is 51.2 Å². The van der Waals surface area contributed by atoms with Gasteiger partial charge in [0.2, 0.25) is 0 Å². The van der Waals surface area contributed by atoms with Gasteiger partial charge >= 0.3 is 11.9 Å². The number of carbonyl (C=O) groups is 2. The molecule has 2 heterocycles. The highest BCUT2D eigenvalue weighted by Crippen LogP contribution is 2.34. The Kier molecular flexibility index (Phi) is 7.62. The number of carboxylic acid groups (broad SMARTS) is 2. The Morgan fingerprint density at radius 3 is 2.22 bits per heavy atom. The van der Waals surface area contributed by atoms with Crippen molar-refractivity contribution in [3.63, 3.8) is 0 Å². The van der Waals surface area contributed by atoms with Crippen LogP contribution in [0.4, 0.5) is 0 Å². The van der Waals surface area contributed by atoms with E-state index in [-0.39, 0.29) is 0 Å². The number of likely N-dealkylation sites (tertiary alicyclic amines) is 1. The molecule has 0 aliphatic carbocycles. The van der Waals surface area contributed by atoms with Crippen LogP contribution >= 0.6 is 0 Å². The Morgan fingerprint density at radius 1 is 1.00 bits per heavy atom. The maximum absolute atomic E-state index is 9.55. The summed E-state index contributed by atoms with van der Waals surface area (Å²) in [5.74, 6) is -1.14. The van der Waals surface area contributed by atoms with E-state index in [4.69, 9.17) is 20.0 Å². The molecule has 32 heavy (non-hydrogen) atoms. The molecule has 1 aliphatic heterocycles. The monoisotopic (exact) mass is 437 g/mol. The molecule has 8 heteroatoms. The van der Waals surface area contributed by atoms with Crippen molar-refractivity contribution in [1.29, 1.82) is 0 Å². The molecule has 0 bridgehead atoms. The predicted octanol–water partition coefficient (Wildman–Crippen LogP) is 3.56. The third kappa shape index (κ3) is 5.53.